The zero-order valence-corrected chi connectivity index (χ0v) is 19.6. The van der Waals surface area contributed by atoms with Gasteiger partial charge in [0.1, 0.15) is 6.04 Å². The molecule has 7 heteroatoms. The van der Waals surface area contributed by atoms with Gasteiger partial charge in [-0.05, 0) is 71.3 Å². The Morgan fingerprint density at radius 2 is 1.85 bits per heavy atom. The maximum absolute atomic E-state index is 13.5. The molecular weight excluding hydrogens is 424 g/mol. The molecule has 2 aromatic carbocycles. The lowest BCUT2D eigenvalue weighted by atomic mass is 9.94. The Bertz CT molecular complexity index is 1380. The summed E-state index contributed by atoms with van der Waals surface area (Å²) in [5, 5.41) is 14.1. The number of aryl methyl sites for hydroxylation is 1. The number of benzene rings is 2. The van der Waals surface area contributed by atoms with Crippen molar-refractivity contribution in [2.45, 2.75) is 64.1 Å². The van der Waals surface area contributed by atoms with Gasteiger partial charge in [-0.1, -0.05) is 55.2 Å². The van der Waals surface area contributed by atoms with E-state index in [4.69, 9.17) is 0 Å². The first-order valence-electron chi connectivity index (χ1n) is 12.4. The van der Waals surface area contributed by atoms with Gasteiger partial charge in [-0.25, -0.2) is 4.68 Å². The predicted molar refractivity (Wildman–Crippen MR) is 132 cm³/mol. The molecule has 1 fully saturated rings. The summed E-state index contributed by atoms with van der Waals surface area (Å²) in [7, 11) is 0. The molecule has 3 heterocycles. The van der Waals surface area contributed by atoms with Crippen LogP contribution in [0.5, 0.6) is 0 Å². The Kier molecular flexibility index (Phi) is 5.49. The van der Waals surface area contributed by atoms with Gasteiger partial charge in [-0.3, -0.25) is 9.69 Å². The van der Waals surface area contributed by atoms with Gasteiger partial charge >= 0.3 is 0 Å². The molecule has 2 aromatic heterocycles. The van der Waals surface area contributed by atoms with Crippen LogP contribution in [0.1, 0.15) is 72.3 Å². The summed E-state index contributed by atoms with van der Waals surface area (Å²) < 4.78 is 2.02. The van der Waals surface area contributed by atoms with Crippen molar-refractivity contribution in [3.05, 3.63) is 87.0 Å². The standard InChI is InChI=1S/C27H30N6O/c1-18-11-12-24-21(15-18)16-23(27(34)28-24)25(32-14-13-19-7-5-6-8-20(19)17-32)26-29-30-31-33(26)22-9-3-2-4-10-22/h5-8,11-12,15-16,22,25H,2-4,9-10,13-14,17H2,1H3,(H,28,34)/t25-/m0/s1. The number of aromatic amines is 1. The SMILES string of the molecule is Cc1ccc2[nH]c(=O)c([C@@H](c3nnnn3C3CCCCC3)N3CCc4ccccc4C3)cc2c1. The second-order valence-corrected chi connectivity index (χ2v) is 9.81. The number of nitrogens with one attached hydrogen (secondary N) is 1. The molecule has 0 saturated heterocycles. The van der Waals surface area contributed by atoms with Crippen LogP contribution < -0.4 is 5.56 Å². The summed E-state index contributed by atoms with van der Waals surface area (Å²) >= 11 is 0. The van der Waals surface area contributed by atoms with E-state index >= 15 is 0 Å². The minimum Gasteiger partial charge on any atom is -0.322 e. The molecule has 174 valence electrons. The van der Waals surface area contributed by atoms with Gasteiger partial charge in [0.25, 0.3) is 5.56 Å². The van der Waals surface area contributed by atoms with E-state index in [1.807, 2.05) is 22.9 Å². The van der Waals surface area contributed by atoms with Crippen LogP contribution in [0.3, 0.4) is 0 Å². The zero-order chi connectivity index (χ0) is 23.1. The number of hydrogen-bond donors (Lipinski definition) is 1. The summed E-state index contributed by atoms with van der Waals surface area (Å²) in [6, 6.07) is 16.8. The van der Waals surface area contributed by atoms with E-state index in [1.165, 1.54) is 36.0 Å². The molecule has 6 rings (SSSR count). The second-order valence-electron chi connectivity index (χ2n) is 9.81. The first kappa shape index (κ1) is 21.2. The Balaban J connectivity index is 1.49. The predicted octanol–water partition coefficient (Wildman–Crippen LogP) is 4.48. The molecule has 1 aliphatic carbocycles. The van der Waals surface area contributed by atoms with Crippen molar-refractivity contribution in [3.63, 3.8) is 0 Å². The molecule has 2 aliphatic rings. The quantitative estimate of drug-likeness (QED) is 0.492. The maximum atomic E-state index is 13.5. The van der Waals surface area contributed by atoms with Crippen LogP contribution in [0, 0.1) is 6.92 Å². The van der Waals surface area contributed by atoms with Crippen molar-refractivity contribution < 1.29 is 0 Å². The second kappa shape index (κ2) is 8.80. The van der Waals surface area contributed by atoms with Crippen molar-refractivity contribution in [3.8, 4) is 0 Å². The number of aromatic nitrogens is 5. The normalized spacial score (nSPS) is 18.1. The minimum absolute atomic E-state index is 0.0709. The average molecular weight is 455 g/mol. The molecule has 7 nitrogen and oxygen atoms in total. The molecule has 0 unspecified atom stereocenters. The summed E-state index contributed by atoms with van der Waals surface area (Å²) in [4.78, 5) is 19.0. The molecule has 1 saturated carbocycles. The van der Waals surface area contributed by atoms with Crippen molar-refractivity contribution >= 4 is 10.9 Å². The van der Waals surface area contributed by atoms with Gasteiger partial charge in [0.15, 0.2) is 5.82 Å². The molecule has 0 amide bonds. The molecule has 1 aliphatic heterocycles. The zero-order valence-electron chi connectivity index (χ0n) is 19.6. The Hall–Kier alpha value is -3.32. The largest absolute Gasteiger partial charge is 0.322 e. The van der Waals surface area contributed by atoms with E-state index in [0.717, 1.165) is 49.1 Å². The fourth-order valence-corrected chi connectivity index (χ4v) is 5.75. The molecular formula is C27H30N6O. The average Bonchev–Trinajstić information content (AvgIpc) is 3.35. The number of rotatable bonds is 4. The van der Waals surface area contributed by atoms with Gasteiger partial charge in [-0.2, -0.15) is 0 Å². The lowest BCUT2D eigenvalue weighted by molar-refractivity contribution is 0.187. The van der Waals surface area contributed by atoms with E-state index in [2.05, 4.69) is 62.7 Å². The fraction of sp³-hybridized carbons (Fsp3) is 0.407. The highest BCUT2D eigenvalue weighted by atomic mass is 16.1. The third kappa shape index (κ3) is 3.84. The summed E-state index contributed by atoms with van der Waals surface area (Å²) in [6.45, 7) is 3.70. The van der Waals surface area contributed by atoms with Crippen molar-refractivity contribution in [1.82, 2.24) is 30.1 Å². The van der Waals surface area contributed by atoms with Gasteiger partial charge in [0, 0.05) is 24.2 Å². The van der Waals surface area contributed by atoms with Crippen LogP contribution in [-0.2, 0) is 13.0 Å². The number of H-pyrrole nitrogens is 1. The van der Waals surface area contributed by atoms with E-state index in [1.54, 1.807) is 0 Å². The molecule has 0 bridgehead atoms. The molecule has 1 atom stereocenters. The van der Waals surface area contributed by atoms with Crippen LogP contribution in [0.4, 0.5) is 0 Å². The van der Waals surface area contributed by atoms with Crippen LogP contribution in [0.2, 0.25) is 0 Å². The van der Waals surface area contributed by atoms with Crippen LogP contribution >= 0.6 is 0 Å². The van der Waals surface area contributed by atoms with Crippen LogP contribution in [0.15, 0.2) is 53.3 Å². The van der Waals surface area contributed by atoms with E-state index in [-0.39, 0.29) is 11.6 Å². The molecule has 4 aromatic rings. The Morgan fingerprint density at radius 1 is 1.03 bits per heavy atom. The third-order valence-electron chi connectivity index (χ3n) is 7.53. The highest BCUT2D eigenvalue weighted by Crippen LogP contribution is 2.35. The number of hydrogen-bond acceptors (Lipinski definition) is 5. The number of nitrogens with zero attached hydrogens (tertiary/aromatic N) is 5. The van der Waals surface area contributed by atoms with Gasteiger partial charge in [-0.15, -0.1) is 5.10 Å². The number of tetrazole rings is 1. The van der Waals surface area contributed by atoms with Crippen molar-refractivity contribution in [2.24, 2.45) is 0 Å². The Morgan fingerprint density at radius 3 is 2.71 bits per heavy atom. The van der Waals surface area contributed by atoms with Crippen molar-refractivity contribution in [2.75, 3.05) is 6.54 Å². The van der Waals surface area contributed by atoms with Gasteiger partial charge in [0.2, 0.25) is 0 Å². The van der Waals surface area contributed by atoms with Gasteiger partial charge in [0.05, 0.1) is 6.04 Å². The molecule has 34 heavy (non-hydrogen) atoms. The number of fused-ring (bicyclic) bond motifs is 2. The smallest absolute Gasteiger partial charge is 0.253 e. The topological polar surface area (TPSA) is 79.7 Å². The van der Waals surface area contributed by atoms with E-state index in [0.29, 0.717) is 11.6 Å². The molecule has 1 N–H and O–H groups in total. The Labute approximate surface area is 198 Å². The fourth-order valence-electron chi connectivity index (χ4n) is 5.75. The molecule has 0 spiro atoms. The minimum atomic E-state index is -0.307. The van der Waals surface area contributed by atoms with E-state index in [9.17, 15) is 4.79 Å². The first-order valence-corrected chi connectivity index (χ1v) is 12.4. The van der Waals surface area contributed by atoms with Gasteiger partial charge < -0.3 is 4.98 Å². The van der Waals surface area contributed by atoms with Crippen LogP contribution in [-0.4, -0.2) is 36.6 Å². The summed E-state index contributed by atoms with van der Waals surface area (Å²) in [6.07, 6.45) is 6.77. The van der Waals surface area contributed by atoms with Crippen molar-refractivity contribution in [1.29, 1.82) is 0 Å². The lowest BCUT2D eigenvalue weighted by Crippen LogP contribution is -2.39. The maximum Gasteiger partial charge on any atom is 0.253 e. The summed E-state index contributed by atoms with van der Waals surface area (Å²) in [5.41, 5.74) is 5.36. The summed E-state index contributed by atoms with van der Waals surface area (Å²) in [5.74, 6) is 0.781. The highest BCUT2D eigenvalue weighted by molar-refractivity contribution is 5.79. The third-order valence-corrected chi connectivity index (χ3v) is 7.53. The highest BCUT2D eigenvalue weighted by Gasteiger charge is 2.34. The van der Waals surface area contributed by atoms with Crippen LogP contribution in [0.25, 0.3) is 10.9 Å². The number of pyridine rings is 1. The lowest BCUT2D eigenvalue weighted by Gasteiger charge is -2.35. The monoisotopic (exact) mass is 454 g/mol. The first-order chi connectivity index (χ1) is 16.7. The molecule has 0 radical (unpaired) electrons. The van der Waals surface area contributed by atoms with E-state index < -0.39 is 0 Å².